The van der Waals surface area contributed by atoms with Crippen LogP contribution in [0.1, 0.15) is 30.4 Å². The van der Waals surface area contributed by atoms with E-state index >= 15 is 0 Å². The summed E-state index contributed by atoms with van der Waals surface area (Å²) in [6.45, 7) is 6.39. The number of likely N-dealkylation sites (tertiary alicyclic amines) is 1. The second-order valence-corrected chi connectivity index (χ2v) is 8.82. The molecule has 3 fully saturated rings. The zero-order chi connectivity index (χ0) is 19.8. The highest BCUT2D eigenvalue weighted by molar-refractivity contribution is 5.75. The molecule has 1 unspecified atom stereocenters. The smallest absolute Gasteiger partial charge is 0.320 e. The van der Waals surface area contributed by atoms with Crippen molar-refractivity contribution in [3.05, 3.63) is 29.6 Å². The van der Waals surface area contributed by atoms with Crippen LogP contribution in [-0.2, 0) is 17.8 Å². The van der Waals surface area contributed by atoms with E-state index in [4.69, 9.17) is 4.74 Å². The molecule has 3 aliphatic heterocycles. The van der Waals surface area contributed by atoms with Gasteiger partial charge in [0.25, 0.3) is 0 Å². The monoisotopic (exact) mass is 399 g/mol. The number of hydrogen-bond donors (Lipinski definition) is 1. The Labute approximate surface area is 171 Å². The molecule has 1 aliphatic carbocycles. The fraction of sp³-hybridized carbons (Fsp3) is 0.667. The Kier molecular flexibility index (Phi) is 4.81. The quantitative estimate of drug-likeness (QED) is 0.821. The summed E-state index contributed by atoms with van der Waals surface area (Å²) in [5, 5.41) is 3.14. The SMILES string of the molecule is O=C(NCC1CC12CCN(C(=O)N1CCOCC1)CC2)N1Cc2ccncc2C1. The average Bonchev–Trinajstić information content (AvgIpc) is 3.24. The van der Waals surface area contributed by atoms with E-state index in [1.54, 1.807) is 6.20 Å². The largest absolute Gasteiger partial charge is 0.378 e. The van der Waals surface area contributed by atoms with Gasteiger partial charge in [-0.15, -0.1) is 0 Å². The zero-order valence-electron chi connectivity index (χ0n) is 16.8. The first kappa shape index (κ1) is 18.7. The number of piperidine rings is 1. The van der Waals surface area contributed by atoms with Gasteiger partial charge in [-0.25, -0.2) is 9.59 Å². The van der Waals surface area contributed by atoms with Crippen LogP contribution >= 0.6 is 0 Å². The van der Waals surface area contributed by atoms with Crippen LogP contribution in [0.3, 0.4) is 0 Å². The maximum atomic E-state index is 12.7. The summed E-state index contributed by atoms with van der Waals surface area (Å²) >= 11 is 0. The standard InChI is InChI=1S/C21H29N5O3/c27-19(26-14-16-1-4-22-12-17(16)15-26)23-13-18-11-21(18)2-5-24(6-3-21)20(28)25-7-9-29-10-8-25/h1,4,12,18H,2-3,5-11,13-15H2,(H,23,27). The van der Waals surface area contributed by atoms with Gasteiger partial charge in [0, 0.05) is 58.2 Å². The van der Waals surface area contributed by atoms with Crippen LogP contribution in [0.25, 0.3) is 0 Å². The average molecular weight is 399 g/mol. The molecule has 1 aromatic heterocycles. The second kappa shape index (κ2) is 7.48. The first-order valence-corrected chi connectivity index (χ1v) is 10.7. The molecule has 1 aromatic rings. The van der Waals surface area contributed by atoms with Gasteiger partial charge in [-0.05, 0) is 47.8 Å². The highest BCUT2D eigenvalue weighted by atomic mass is 16.5. The number of ether oxygens (including phenoxy) is 1. The Morgan fingerprint density at radius 1 is 1.07 bits per heavy atom. The van der Waals surface area contributed by atoms with Gasteiger partial charge in [0.05, 0.1) is 13.2 Å². The molecule has 156 valence electrons. The summed E-state index contributed by atoms with van der Waals surface area (Å²) in [6, 6.07) is 2.17. The second-order valence-electron chi connectivity index (χ2n) is 8.82. The van der Waals surface area contributed by atoms with Crippen LogP contribution in [0.5, 0.6) is 0 Å². The van der Waals surface area contributed by atoms with Gasteiger partial charge in [0.1, 0.15) is 0 Å². The van der Waals surface area contributed by atoms with Crippen molar-refractivity contribution in [1.82, 2.24) is 25.0 Å². The van der Waals surface area contributed by atoms with E-state index in [1.807, 2.05) is 27.0 Å². The Morgan fingerprint density at radius 2 is 1.79 bits per heavy atom. The molecule has 1 N–H and O–H groups in total. The van der Waals surface area contributed by atoms with Gasteiger partial charge in [-0.3, -0.25) is 4.98 Å². The van der Waals surface area contributed by atoms with Crippen molar-refractivity contribution in [3.63, 3.8) is 0 Å². The summed E-state index contributed by atoms with van der Waals surface area (Å²) in [6.07, 6.45) is 6.89. The highest BCUT2D eigenvalue weighted by Crippen LogP contribution is 2.59. The number of rotatable bonds is 2. The minimum Gasteiger partial charge on any atom is -0.378 e. The lowest BCUT2D eigenvalue weighted by Crippen LogP contribution is -2.50. The van der Waals surface area contributed by atoms with Crippen LogP contribution in [0.15, 0.2) is 18.5 Å². The third-order valence-electron chi connectivity index (χ3n) is 7.18. The lowest BCUT2D eigenvalue weighted by atomic mass is 9.91. The number of hydrogen-bond acceptors (Lipinski definition) is 4. The fourth-order valence-corrected chi connectivity index (χ4v) is 5.12. The lowest BCUT2D eigenvalue weighted by Gasteiger charge is -2.37. The molecular weight excluding hydrogens is 370 g/mol. The zero-order valence-corrected chi connectivity index (χ0v) is 16.8. The van der Waals surface area contributed by atoms with E-state index in [9.17, 15) is 9.59 Å². The minimum absolute atomic E-state index is 0.0168. The van der Waals surface area contributed by atoms with E-state index in [-0.39, 0.29) is 12.1 Å². The Bertz CT molecular complexity index is 761. The molecule has 1 saturated carbocycles. The molecule has 0 radical (unpaired) electrons. The number of fused-ring (bicyclic) bond motifs is 1. The van der Waals surface area contributed by atoms with Crippen LogP contribution in [0.2, 0.25) is 0 Å². The van der Waals surface area contributed by atoms with Crippen LogP contribution < -0.4 is 5.32 Å². The first-order chi connectivity index (χ1) is 14.1. The van der Waals surface area contributed by atoms with Gasteiger partial charge < -0.3 is 24.8 Å². The van der Waals surface area contributed by atoms with Crippen LogP contribution in [0.4, 0.5) is 9.59 Å². The normalized spacial score (nSPS) is 25.1. The molecule has 0 bridgehead atoms. The van der Waals surface area contributed by atoms with Gasteiger partial charge >= 0.3 is 12.1 Å². The third-order valence-corrected chi connectivity index (χ3v) is 7.18. The minimum atomic E-state index is 0.0168. The number of nitrogens with one attached hydrogen (secondary N) is 1. The Morgan fingerprint density at radius 3 is 2.55 bits per heavy atom. The molecular formula is C21H29N5O3. The molecule has 4 aliphatic rings. The number of aromatic nitrogens is 1. The van der Waals surface area contributed by atoms with E-state index in [0.717, 1.165) is 44.5 Å². The molecule has 4 heterocycles. The third kappa shape index (κ3) is 3.66. The van der Waals surface area contributed by atoms with E-state index in [0.29, 0.717) is 50.7 Å². The van der Waals surface area contributed by atoms with Crippen molar-refractivity contribution >= 4 is 12.1 Å². The van der Waals surface area contributed by atoms with Gasteiger partial charge in [-0.1, -0.05) is 0 Å². The predicted molar refractivity (Wildman–Crippen MR) is 106 cm³/mol. The summed E-state index contributed by atoms with van der Waals surface area (Å²) in [7, 11) is 0. The number of pyridine rings is 1. The van der Waals surface area contributed by atoms with Gasteiger partial charge in [0.2, 0.25) is 0 Å². The van der Waals surface area contributed by atoms with Crippen molar-refractivity contribution in [2.24, 2.45) is 11.3 Å². The van der Waals surface area contributed by atoms with Crippen molar-refractivity contribution in [1.29, 1.82) is 0 Å². The molecule has 5 rings (SSSR count). The fourth-order valence-electron chi connectivity index (χ4n) is 5.12. The highest BCUT2D eigenvalue weighted by Gasteiger charge is 2.55. The molecule has 0 aromatic carbocycles. The lowest BCUT2D eigenvalue weighted by molar-refractivity contribution is 0.0390. The molecule has 4 amide bonds. The van der Waals surface area contributed by atoms with Gasteiger partial charge in [-0.2, -0.15) is 0 Å². The summed E-state index contributed by atoms with van der Waals surface area (Å²) in [5.74, 6) is 0.540. The Balaban J connectivity index is 1.06. The van der Waals surface area contributed by atoms with Crippen molar-refractivity contribution < 1.29 is 14.3 Å². The molecule has 8 nitrogen and oxygen atoms in total. The first-order valence-electron chi connectivity index (χ1n) is 10.7. The maximum absolute atomic E-state index is 12.7. The van der Waals surface area contributed by atoms with Crippen molar-refractivity contribution in [3.8, 4) is 0 Å². The number of urea groups is 2. The molecule has 2 saturated heterocycles. The maximum Gasteiger partial charge on any atom is 0.320 e. The van der Waals surface area contributed by atoms with E-state index < -0.39 is 0 Å². The summed E-state index contributed by atoms with van der Waals surface area (Å²) in [4.78, 5) is 35.1. The Hall–Kier alpha value is -2.35. The topological polar surface area (TPSA) is 78.0 Å². The number of amides is 4. The van der Waals surface area contributed by atoms with Crippen LogP contribution in [0, 0.1) is 11.3 Å². The van der Waals surface area contributed by atoms with Crippen molar-refractivity contribution in [2.75, 3.05) is 45.9 Å². The predicted octanol–water partition coefficient (Wildman–Crippen LogP) is 1.66. The van der Waals surface area contributed by atoms with Crippen molar-refractivity contribution in [2.45, 2.75) is 32.4 Å². The van der Waals surface area contributed by atoms with Gasteiger partial charge in [0.15, 0.2) is 0 Å². The summed E-state index contributed by atoms with van der Waals surface area (Å²) in [5.41, 5.74) is 2.66. The molecule has 29 heavy (non-hydrogen) atoms. The number of carbonyl (C=O) groups is 2. The van der Waals surface area contributed by atoms with E-state index in [1.165, 1.54) is 5.56 Å². The van der Waals surface area contributed by atoms with E-state index in [2.05, 4.69) is 10.3 Å². The number of morpholine rings is 1. The number of carbonyl (C=O) groups excluding carboxylic acids is 2. The molecule has 1 spiro atoms. The molecule has 1 atom stereocenters. The summed E-state index contributed by atoms with van der Waals surface area (Å²) < 4.78 is 5.34. The molecule has 8 heteroatoms. The van der Waals surface area contributed by atoms with Crippen LogP contribution in [-0.4, -0.2) is 77.7 Å². The number of nitrogens with zero attached hydrogens (tertiary/aromatic N) is 4.